The molecule has 1 aliphatic rings. The molecule has 27 heavy (non-hydrogen) atoms. The topological polar surface area (TPSA) is 44.3 Å². The van der Waals surface area contributed by atoms with E-state index in [0.29, 0.717) is 0 Å². The molecule has 4 rings (SSSR count). The summed E-state index contributed by atoms with van der Waals surface area (Å²) in [5, 5.41) is 3.44. The van der Waals surface area contributed by atoms with Crippen LogP contribution < -0.4 is 15.1 Å². The molecule has 1 N–H and O–H groups in total. The molecule has 0 radical (unpaired) electrons. The molecule has 2 heterocycles. The summed E-state index contributed by atoms with van der Waals surface area (Å²) >= 11 is 0. The van der Waals surface area contributed by atoms with Gasteiger partial charge in [-0.15, -0.1) is 0 Å². The fourth-order valence-corrected chi connectivity index (χ4v) is 3.45. The monoisotopic (exact) mass is 359 g/mol. The second-order valence-electron chi connectivity index (χ2n) is 6.94. The van der Waals surface area contributed by atoms with Crippen LogP contribution in [0.25, 0.3) is 0 Å². The number of nitrogens with zero attached hydrogens (tertiary/aromatic N) is 4. The number of rotatable bonds is 4. The molecule has 5 nitrogen and oxygen atoms in total. The lowest BCUT2D eigenvalue weighted by atomic mass is 10.1. The van der Waals surface area contributed by atoms with Crippen molar-refractivity contribution in [1.29, 1.82) is 0 Å². The van der Waals surface area contributed by atoms with Crippen molar-refractivity contribution in [2.75, 3.05) is 41.3 Å². The molecular formula is C22H25N5. The van der Waals surface area contributed by atoms with Gasteiger partial charge in [-0.2, -0.15) is 0 Å². The zero-order valence-electron chi connectivity index (χ0n) is 15.9. The number of piperazine rings is 1. The second kappa shape index (κ2) is 7.66. The van der Waals surface area contributed by atoms with Gasteiger partial charge in [0.1, 0.15) is 18.0 Å². The van der Waals surface area contributed by atoms with Crippen molar-refractivity contribution in [1.82, 2.24) is 9.97 Å². The highest BCUT2D eigenvalue weighted by molar-refractivity contribution is 5.64. The highest BCUT2D eigenvalue weighted by atomic mass is 15.3. The van der Waals surface area contributed by atoms with Gasteiger partial charge in [-0.3, -0.25) is 0 Å². The van der Waals surface area contributed by atoms with Gasteiger partial charge in [0.15, 0.2) is 0 Å². The molecule has 1 saturated heterocycles. The molecule has 0 unspecified atom stereocenters. The lowest BCUT2D eigenvalue weighted by Gasteiger charge is -2.36. The molecule has 0 aliphatic carbocycles. The largest absolute Gasteiger partial charge is 0.368 e. The molecule has 2 aromatic carbocycles. The molecule has 0 bridgehead atoms. The number of para-hydroxylation sites is 1. The predicted octanol–water partition coefficient (Wildman–Crippen LogP) is 4.16. The lowest BCUT2D eigenvalue weighted by molar-refractivity contribution is 0.647. The number of anilines is 4. The SMILES string of the molecule is Cc1cccc(Nc2cc(N3CCN(c4ccccc4)CC3)ncn2)c1C. The highest BCUT2D eigenvalue weighted by Gasteiger charge is 2.18. The summed E-state index contributed by atoms with van der Waals surface area (Å²) in [7, 11) is 0. The third kappa shape index (κ3) is 3.87. The Morgan fingerprint density at radius 3 is 2.33 bits per heavy atom. The Morgan fingerprint density at radius 1 is 0.815 bits per heavy atom. The molecule has 1 fully saturated rings. The summed E-state index contributed by atoms with van der Waals surface area (Å²) in [6.45, 7) is 8.14. The molecule has 1 aliphatic heterocycles. The standard InChI is InChI=1S/C22H25N5/c1-17-7-6-10-20(18(17)2)25-21-15-22(24-16-23-21)27-13-11-26(12-14-27)19-8-4-3-5-9-19/h3-10,15-16H,11-14H2,1-2H3,(H,23,24,25). The van der Waals surface area contributed by atoms with Crippen molar-refractivity contribution in [2.24, 2.45) is 0 Å². The molecule has 5 heteroatoms. The Balaban J connectivity index is 1.45. The van der Waals surface area contributed by atoms with E-state index in [0.717, 1.165) is 43.5 Å². The van der Waals surface area contributed by atoms with E-state index in [1.165, 1.54) is 16.8 Å². The second-order valence-corrected chi connectivity index (χ2v) is 6.94. The van der Waals surface area contributed by atoms with Gasteiger partial charge < -0.3 is 15.1 Å². The fraction of sp³-hybridized carbons (Fsp3) is 0.273. The normalized spacial score (nSPS) is 14.3. The van der Waals surface area contributed by atoms with Gasteiger partial charge in [-0.1, -0.05) is 30.3 Å². The van der Waals surface area contributed by atoms with Crippen molar-refractivity contribution >= 4 is 23.0 Å². The summed E-state index contributed by atoms with van der Waals surface area (Å²) in [6, 6.07) is 18.9. The van der Waals surface area contributed by atoms with Gasteiger partial charge >= 0.3 is 0 Å². The third-order valence-electron chi connectivity index (χ3n) is 5.25. The maximum absolute atomic E-state index is 4.50. The van der Waals surface area contributed by atoms with Crippen LogP contribution in [-0.2, 0) is 0 Å². The minimum absolute atomic E-state index is 0.833. The molecule has 138 valence electrons. The van der Waals surface area contributed by atoms with E-state index in [-0.39, 0.29) is 0 Å². The summed E-state index contributed by atoms with van der Waals surface area (Å²) < 4.78 is 0. The zero-order chi connectivity index (χ0) is 18.6. The average Bonchev–Trinajstić information content (AvgIpc) is 2.72. The number of benzene rings is 2. The summed E-state index contributed by atoms with van der Waals surface area (Å²) in [5.74, 6) is 1.81. The number of hydrogen-bond donors (Lipinski definition) is 1. The van der Waals surface area contributed by atoms with Crippen LogP contribution in [0.3, 0.4) is 0 Å². The van der Waals surface area contributed by atoms with Gasteiger partial charge in [0, 0.05) is 43.6 Å². The van der Waals surface area contributed by atoms with Crippen LogP contribution in [0, 0.1) is 13.8 Å². The Labute approximate surface area is 160 Å². The van der Waals surface area contributed by atoms with Crippen LogP contribution in [0.1, 0.15) is 11.1 Å². The maximum Gasteiger partial charge on any atom is 0.135 e. The van der Waals surface area contributed by atoms with Gasteiger partial charge in [-0.05, 0) is 43.2 Å². The lowest BCUT2D eigenvalue weighted by Crippen LogP contribution is -2.46. The molecule has 0 spiro atoms. The van der Waals surface area contributed by atoms with Crippen LogP contribution in [0.5, 0.6) is 0 Å². The van der Waals surface area contributed by atoms with Crippen molar-refractivity contribution < 1.29 is 0 Å². The number of aryl methyl sites for hydroxylation is 1. The van der Waals surface area contributed by atoms with Crippen LogP contribution in [-0.4, -0.2) is 36.1 Å². The van der Waals surface area contributed by atoms with Crippen molar-refractivity contribution in [3.8, 4) is 0 Å². The smallest absolute Gasteiger partial charge is 0.135 e. The summed E-state index contributed by atoms with van der Waals surface area (Å²) in [6.07, 6.45) is 1.65. The Morgan fingerprint density at radius 2 is 1.56 bits per heavy atom. The number of aromatic nitrogens is 2. The van der Waals surface area contributed by atoms with E-state index in [4.69, 9.17) is 0 Å². The van der Waals surface area contributed by atoms with Crippen LogP contribution in [0.2, 0.25) is 0 Å². The Hall–Kier alpha value is -3.08. The molecule has 1 aromatic heterocycles. The van der Waals surface area contributed by atoms with Crippen LogP contribution in [0.15, 0.2) is 60.9 Å². The Bertz CT molecular complexity index is 902. The van der Waals surface area contributed by atoms with Crippen LogP contribution in [0.4, 0.5) is 23.0 Å². The van der Waals surface area contributed by atoms with E-state index < -0.39 is 0 Å². The van der Waals surface area contributed by atoms with E-state index in [1.54, 1.807) is 6.33 Å². The first-order chi connectivity index (χ1) is 13.2. The summed E-state index contributed by atoms with van der Waals surface area (Å²) in [4.78, 5) is 13.7. The predicted molar refractivity (Wildman–Crippen MR) is 112 cm³/mol. The third-order valence-corrected chi connectivity index (χ3v) is 5.25. The first-order valence-corrected chi connectivity index (χ1v) is 9.41. The van der Waals surface area contributed by atoms with Gasteiger partial charge in [-0.25, -0.2) is 9.97 Å². The Kier molecular flexibility index (Phi) is 4.92. The van der Waals surface area contributed by atoms with Crippen molar-refractivity contribution in [3.05, 3.63) is 72.1 Å². The van der Waals surface area contributed by atoms with E-state index in [1.807, 2.05) is 6.07 Å². The van der Waals surface area contributed by atoms with E-state index in [2.05, 4.69) is 87.5 Å². The summed E-state index contributed by atoms with van der Waals surface area (Å²) in [5.41, 5.74) is 4.89. The molecule has 0 amide bonds. The van der Waals surface area contributed by atoms with E-state index in [9.17, 15) is 0 Å². The molecular weight excluding hydrogens is 334 g/mol. The van der Waals surface area contributed by atoms with E-state index >= 15 is 0 Å². The fourth-order valence-electron chi connectivity index (χ4n) is 3.45. The average molecular weight is 359 g/mol. The minimum atomic E-state index is 0.833. The molecule has 3 aromatic rings. The van der Waals surface area contributed by atoms with Gasteiger partial charge in [0.05, 0.1) is 0 Å². The molecule has 0 saturated carbocycles. The number of hydrogen-bond acceptors (Lipinski definition) is 5. The zero-order valence-corrected chi connectivity index (χ0v) is 15.9. The van der Waals surface area contributed by atoms with Crippen molar-refractivity contribution in [3.63, 3.8) is 0 Å². The first kappa shape index (κ1) is 17.3. The number of nitrogens with one attached hydrogen (secondary N) is 1. The quantitative estimate of drug-likeness (QED) is 0.758. The van der Waals surface area contributed by atoms with Gasteiger partial charge in [0.2, 0.25) is 0 Å². The maximum atomic E-state index is 4.50. The van der Waals surface area contributed by atoms with Gasteiger partial charge in [0.25, 0.3) is 0 Å². The van der Waals surface area contributed by atoms with Crippen LogP contribution >= 0.6 is 0 Å². The van der Waals surface area contributed by atoms with Crippen molar-refractivity contribution in [2.45, 2.75) is 13.8 Å². The molecule has 0 atom stereocenters. The minimum Gasteiger partial charge on any atom is -0.368 e. The highest BCUT2D eigenvalue weighted by Crippen LogP contribution is 2.24. The first-order valence-electron chi connectivity index (χ1n) is 9.41.